The van der Waals surface area contributed by atoms with E-state index in [1.807, 2.05) is 49.1 Å². The lowest BCUT2D eigenvalue weighted by Gasteiger charge is -2.21. The standard InChI is InChI=1S/C20H30N4O3.HI/c1-4-21-20(24-13-15(2)17(14-24)19(26)27-3)23-12-18(25)22-11-10-16-8-6-5-7-9-16;/h5-9,15,17H,4,10-14H2,1-3H3,(H,21,23)(H,22,25);1H. The number of nitrogens with one attached hydrogen (secondary N) is 2. The molecule has 28 heavy (non-hydrogen) atoms. The fourth-order valence-corrected chi connectivity index (χ4v) is 3.22. The lowest BCUT2D eigenvalue weighted by atomic mass is 9.99. The van der Waals surface area contributed by atoms with Gasteiger partial charge < -0.3 is 20.3 Å². The molecule has 1 amide bonds. The number of halogens is 1. The number of amides is 1. The van der Waals surface area contributed by atoms with Crippen LogP contribution in [-0.4, -0.2) is 62.6 Å². The average Bonchev–Trinajstić information content (AvgIpc) is 3.07. The van der Waals surface area contributed by atoms with Gasteiger partial charge in [-0.3, -0.25) is 9.59 Å². The van der Waals surface area contributed by atoms with Gasteiger partial charge in [-0.1, -0.05) is 37.3 Å². The molecule has 2 atom stereocenters. The van der Waals surface area contributed by atoms with Crippen molar-refractivity contribution in [2.75, 3.05) is 39.8 Å². The van der Waals surface area contributed by atoms with E-state index in [2.05, 4.69) is 15.6 Å². The topological polar surface area (TPSA) is 83.0 Å². The number of carbonyl (C=O) groups is 2. The summed E-state index contributed by atoms with van der Waals surface area (Å²) in [5, 5.41) is 6.10. The van der Waals surface area contributed by atoms with Gasteiger partial charge >= 0.3 is 5.97 Å². The zero-order valence-corrected chi connectivity index (χ0v) is 19.1. The minimum absolute atomic E-state index is 0. The number of nitrogens with zero attached hydrogens (tertiary/aromatic N) is 2. The predicted octanol–water partition coefficient (Wildman–Crippen LogP) is 1.67. The van der Waals surface area contributed by atoms with Crippen LogP contribution in [0, 0.1) is 11.8 Å². The summed E-state index contributed by atoms with van der Waals surface area (Å²) in [6, 6.07) is 10.0. The SMILES string of the molecule is CCNC(=NCC(=O)NCCc1ccccc1)N1CC(C)C(C(=O)OC)C1.I. The van der Waals surface area contributed by atoms with Gasteiger partial charge in [0.2, 0.25) is 5.91 Å². The zero-order chi connectivity index (χ0) is 19.6. The van der Waals surface area contributed by atoms with Gasteiger partial charge in [0.1, 0.15) is 6.54 Å². The van der Waals surface area contributed by atoms with Crippen molar-refractivity contribution in [3.63, 3.8) is 0 Å². The lowest BCUT2D eigenvalue weighted by molar-refractivity contribution is -0.146. The minimum atomic E-state index is -0.195. The monoisotopic (exact) mass is 502 g/mol. The molecule has 2 rings (SSSR count). The number of hydrogen-bond acceptors (Lipinski definition) is 4. The molecule has 0 spiro atoms. The lowest BCUT2D eigenvalue weighted by Crippen LogP contribution is -2.41. The van der Waals surface area contributed by atoms with E-state index >= 15 is 0 Å². The molecule has 0 aromatic heterocycles. The molecule has 1 aromatic rings. The third-order valence-corrected chi connectivity index (χ3v) is 4.70. The van der Waals surface area contributed by atoms with Gasteiger partial charge in [-0.25, -0.2) is 4.99 Å². The number of benzene rings is 1. The van der Waals surface area contributed by atoms with E-state index in [9.17, 15) is 9.59 Å². The van der Waals surface area contributed by atoms with Crippen LogP contribution >= 0.6 is 24.0 Å². The van der Waals surface area contributed by atoms with Crippen LogP contribution in [0.2, 0.25) is 0 Å². The second-order valence-electron chi connectivity index (χ2n) is 6.77. The molecule has 1 fully saturated rings. The first-order valence-electron chi connectivity index (χ1n) is 9.46. The Morgan fingerprint density at radius 3 is 2.57 bits per heavy atom. The number of carbonyl (C=O) groups excluding carboxylic acids is 2. The molecule has 0 bridgehead atoms. The number of guanidine groups is 1. The van der Waals surface area contributed by atoms with Crippen molar-refractivity contribution in [1.29, 1.82) is 0 Å². The van der Waals surface area contributed by atoms with Crippen LogP contribution in [0.5, 0.6) is 0 Å². The fourth-order valence-electron chi connectivity index (χ4n) is 3.22. The maximum absolute atomic E-state index is 12.1. The molecule has 2 N–H and O–H groups in total. The predicted molar refractivity (Wildman–Crippen MR) is 121 cm³/mol. The van der Waals surface area contributed by atoms with Crippen molar-refractivity contribution in [2.24, 2.45) is 16.8 Å². The van der Waals surface area contributed by atoms with Crippen LogP contribution in [0.1, 0.15) is 19.4 Å². The number of ether oxygens (including phenoxy) is 1. The third-order valence-electron chi connectivity index (χ3n) is 4.70. The molecule has 7 nitrogen and oxygen atoms in total. The van der Waals surface area contributed by atoms with E-state index in [0.717, 1.165) is 6.42 Å². The molecule has 0 saturated carbocycles. The summed E-state index contributed by atoms with van der Waals surface area (Å²) < 4.78 is 4.88. The van der Waals surface area contributed by atoms with Gasteiger partial charge in [0.25, 0.3) is 0 Å². The Hall–Kier alpha value is -1.84. The molecule has 0 radical (unpaired) electrons. The molecule has 1 aliphatic rings. The second-order valence-corrected chi connectivity index (χ2v) is 6.77. The molecule has 2 unspecified atom stereocenters. The van der Waals surface area contributed by atoms with E-state index in [-0.39, 0.29) is 54.2 Å². The van der Waals surface area contributed by atoms with Crippen molar-refractivity contribution in [1.82, 2.24) is 15.5 Å². The second kappa shape index (κ2) is 12.6. The summed E-state index contributed by atoms with van der Waals surface area (Å²) in [5.41, 5.74) is 1.19. The molecule has 156 valence electrons. The Morgan fingerprint density at radius 1 is 1.21 bits per heavy atom. The number of likely N-dealkylation sites (tertiary alicyclic amines) is 1. The molecule has 8 heteroatoms. The third kappa shape index (κ3) is 7.29. The van der Waals surface area contributed by atoms with E-state index in [4.69, 9.17) is 4.74 Å². The van der Waals surface area contributed by atoms with Crippen molar-refractivity contribution < 1.29 is 14.3 Å². The average molecular weight is 502 g/mol. The summed E-state index contributed by atoms with van der Waals surface area (Å²) in [6.45, 7) is 6.61. The van der Waals surface area contributed by atoms with Crippen LogP contribution in [0.15, 0.2) is 35.3 Å². The van der Waals surface area contributed by atoms with Crippen molar-refractivity contribution >= 4 is 41.8 Å². The molecule has 1 aliphatic heterocycles. The molecular formula is C20H31IN4O3. The molecule has 1 heterocycles. The normalized spacial score (nSPS) is 19.0. The van der Waals surface area contributed by atoms with Crippen LogP contribution in [0.3, 0.4) is 0 Å². The highest BCUT2D eigenvalue weighted by Crippen LogP contribution is 2.24. The van der Waals surface area contributed by atoms with E-state index < -0.39 is 0 Å². The Kier molecular flexibility index (Phi) is 10.9. The molecule has 1 aromatic carbocycles. The van der Waals surface area contributed by atoms with E-state index in [0.29, 0.717) is 32.1 Å². The zero-order valence-electron chi connectivity index (χ0n) is 16.8. The Labute approximate surface area is 184 Å². The number of methoxy groups -OCH3 is 1. The van der Waals surface area contributed by atoms with Gasteiger partial charge in [-0.05, 0) is 24.8 Å². The van der Waals surface area contributed by atoms with Crippen molar-refractivity contribution in [3.05, 3.63) is 35.9 Å². The highest BCUT2D eigenvalue weighted by atomic mass is 127. The maximum atomic E-state index is 12.1. The Bertz CT molecular complexity index is 654. The van der Waals surface area contributed by atoms with E-state index in [1.165, 1.54) is 12.7 Å². The Balaban J connectivity index is 0.00000392. The largest absolute Gasteiger partial charge is 0.469 e. The maximum Gasteiger partial charge on any atom is 0.310 e. The van der Waals surface area contributed by atoms with Crippen molar-refractivity contribution in [2.45, 2.75) is 20.3 Å². The van der Waals surface area contributed by atoms with Gasteiger partial charge in [0, 0.05) is 26.2 Å². The first-order valence-corrected chi connectivity index (χ1v) is 9.46. The minimum Gasteiger partial charge on any atom is -0.469 e. The van der Waals surface area contributed by atoms with Crippen LogP contribution in [0.4, 0.5) is 0 Å². The molecule has 1 saturated heterocycles. The van der Waals surface area contributed by atoms with Crippen molar-refractivity contribution in [3.8, 4) is 0 Å². The summed E-state index contributed by atoms with van der Waals surface area (Å²) >= 11 is 0. The number of esters is 1. The van der Waals surface area contributed by atoms with E-state index in [1.54, 1.807) is 0 Å². The number of rotatable bonds is 7. The first kappa shape index (κ1) is 24.2. The highest BCUT2D eigenvalue weighted by molar-refractivity contribution is 14.0. The smallest absolute Gasteiger partial charge is 0.310 e. The van der Waals surface area contributed by atoms with Crippen LogP contribution in [-0.2, 0) is 20.7 Å². The number of hydrogen-bond donors (Lipinski definition) is 2. The quantitative estimate of drug-likeness (QED) is 0.257. The molecular weight excluding hydrogens is 471 g/mol. The molecule has 0 aliphatic carbocycles. The fraction of sp³-hybridized carbons (Fsp3) is 0.550. The summed E-state index contributed by atoms with van der Waals surface area (Å²) in [7, 11) is 1.41. The van der Waals surface area contributed by atoms with Gasteiger partial charge in [-0.15, -0.1) is 24.0 Å². The highest BCUT2D eigenvalue weighted by Gasteiger charge is 2.36. The summed E-state index contributed by atoms with van der Waals surface area (Å²) in [5.74, 6) is 0.367. The van der Waals surface area contributed by atoms with Crippen LogP contribution in [0.25, 0.3) is 0 Å². The number of aliphatic imine (C=N–C) groups is 1. The Morgan fingerprint density at radius 2 is 1.93 bits per heavy atom. The first-order chi connectivity index (χ1) is 13.0. The summed E-state index contributed by atoms with van der Waals surface area (Å²) in [6.07, 6.45) is 0.792. The van der Waals surface area contributed by atoms with Gasteiger partial charge in [-0.2, -0.15) is 0 Å². The van der Waals surface area contributed by atoms with Gasteiger partial charge in [0.15, 0.2) is 5.96 Å². The van der Waals surface area contributed by atoms with Gasteiger partial charge in [0.05, 0.1) is 13.0 Å². The summed E-state index contributed by atoms with van der Waals surface area (Å²) in [4.78, 5) is 30.4. The van der Waals surface area contributed by atoms with Crippen LogP contribution < -0.4 is 10.6 Å².